The Morgan fingerprint density at radius 3 is 2.60 bits per heavy atom. The van der Waals surface area contributed by atoms with Gasteiger partial charge >= 0.3 is 0 Å². The first-order chi connectivity index (χ1) is 9.76. The van der Waals surface area contributed by atoms with E-state index < -0.39 is 0 Å². The Bertz CT molecular complexity index is 617. The summed E-state index contributed by atoms with van der Waals surface area (Å²) in [6.45, 7) is 2.31. The average molecular weight is 268 g/mol. The van der Waals surface area contributed by atoms with Gasteiger partial charge in [0.1, 0.15) is 6.29 Å². The van der Waals surface area contributed by atoms with Crippen molar-refractivity contribution >= 4 is 6.29 Å². The second-order valence-corrected chi connectivity index (χ2v) is 5.04. The number of hydrogen-bond donors (Lipinski definition) is 0. The van der Waals surface area contributed by atoms with E-state index in [0.717, 1.165) is 28.9 Å². The van der Waals surface area contributed by atoms with Crippen molar-refractivity contribution in [1.82, 2.24) is 0 Å². The monoisotopic (exact) mass is 268 g/mol. The minimum Gasteiger partial charge on any atom is -0.454 e. The largest absolute Gasteiger partial charge is 0.454 e. The summed E-state index contributed by atoms with van der Waals surface area (Å²) in [6.07, 6.45) is 1.70. The lowest BCUT2D eigenvalue weighted by atomic mass is 9.92. The number of benzene rings is 2. The summed E-state index contributed by atoms with van der Waals surface area (Å²) in [5.41, 5.74) is 3.34. The molecule has 0 saturated heterocycles. The number of carbonyl (C=O) groups is 1. The van der Waals surface area contributed by atoms with Crippen LogP contribution in [0.3, 0.4) is 0 Å². The Kier molecular flexibility index (Phi) is 3.42. The van der Waals surface area contributed by atoms with E-state index in [1.165, 1.54) is 5.56 Å². The van der Waals surface area contributed by atoms with E-state index in [1.54, 1.807) is 0 Å². The quantitative estimate of drug-likeness (QED) is 0.798. The first-order valence-corrected chi connectivity index (χ1v) is 6.66. The topological polar surface area (TPSA) is 35.5 Å². The van der Waals surface area contributed by atoms with Gasteiger partial charge in [0.2, 0.25) is 6.79 Å². The Hall–Kier alpha value is -2.29. The molecule has 0 N–H and O–H groups in total. The Balaban J connectivity index is 1.82. The highest BCUT2D eigenvalue weighted by Crippen LogP contribution is 2.35. The first kappa shape index (κ1) is 12.7. The molecule has 0 spiro atoms. The zero-order valence-corrected chi connectivity index (χ0v) is 11.3. The lowest BCUT2D eigenvalue weighted by Crippen LogP contribution is -2.04. The highest BCUT2D eigenvalue weighted by Gasteiger charge is 2.18. The van der Waals surface area contributed by atoms with Crippen LogP contribution in [0.2, 0.25) is 0 Å². The molecule has 0 aliphatic carbocycles. The van der Waals surface area contributed by atoms with E-state index in [4.69, 9.17) is 9.47 Å². The maximum atomic E-state index is 11.4. The van der Waals surface area contributed by atoms with Crippen LogP contribution in [0.25, 0.3) is 0 Å². The van der Waals surface area contributed by atoms with Gasteiger partial charge in [-0.1, -0.05) is 35.9 Å². The van der Waals surface area contributed by atoms with E-state index in [2.05, 4.69) is 31.2 Å². The van der Waals surface area contributed by atoms with Gasteiger partial charge in [-0.3, -0.25) is 0 Å². The fourth-order valence-electron chi connectivity index (χ4n) is 2.37. The summed E-state index contributed by atoms with van der Waals surface area (Å²) >= 11 is 0. The lowest BCUT2D eigenvalue weighted by Gasteiger charge is -2.11. The molecular weight excluding hydrogens is 252 g/mol. The van der Waals surface area contributed by atoms with Crippen LogP contribution >= 0.6 is 0 Å². The van der Waals surface area contributed by atoms with Gasteiger partial charge in [-0.25, -0.2) is 0 Å². The number of rotatable bonds is 4. The molecule has 0 aromatic heterocycles. The van der Waals surface area contributed by atoms with Crippen LogP contribution in [0.1, 0.15) is 22.6 Å². The molecule has 2 aromatic rings. The van der Waals surface area contributed by atoms with E-state index in [1.807, 2.05) is 18.2 Å². The van der Waals surface area contributed by atoms with Gasteiger partial charge in [-0.05, 0) is 36.6 Å². The molecule has 3 nitrogen and oxygen atoms in total. The highest BCUT2D eigenvalue weighted by molar-refractivity contribution is 5.64. The second kappa shape index (κ2) is 5.37. The number of hydrogen-bond acceptors (Lipinski definition) is 3. The number of carbonyl (C=O) groups excluding carboxylic acids is 1. The number of fused-ring (bicyclic) bond motifs is 1. The second-order valence-electron chi connectivity index (χ2n) is 5.04. The van der Waals surface area contributed by atoms with E-state index in [0.29, 0.717) is 6.42 Å². The predicted molar refractivity (Wildman–Crippen MR) is 76.3 cm³/mol. The van der Waals surface area contributed by atoms with Gasteiger partial charge in [-0.15, -0.1) is 0 Å². The van der Waals surface area contributed by atoms with Gasteiger partial charge in [-0.2, -0.15) is 0 Å². The summed E-state index contributed by atoms with van der Waals surface area (Å²) in [5.74, 6) is 1.30. The number of aryl methyl sites for hydroxylation is 1. The van der Waals surface area contributed by atoms with Crippen molar-refractivity contribution in [2.75, 3.05) is 6.79 Å². The van der Waals surface area contributed by atoms with Gasteiger partial charge in [0.05, 0.1) is 0 Å². The molecule has 1 atom stereocenters. The fraction of sp³-hybridized carbons (Fsp3) is 0.235. The molecule has 2 aromatic carbocycles. The standard InChI is InChI=1S/C17H16O3/c1-12-2-4-13(5-3-12)8-15(10-18)14-6-7-16-17(9-14)20-11-19-16/h2-7,9-10,15H,8,11H2,1H3. The molecule has 20 heavy (non-hydrogen) atoms. The van der Waals surface area contributed by atoms with Crippen LogP contribution in [-0.2, 0) is 11.2 Å². The first-order valence-electron chi connectivity index (χ1n) is 6.66. The third-order valence-corrected chi connectivity index (χ3v) is 3.57. The Labute approximate surface area is 118 Å². The van der Waals surface area contributed by atoms with Gasteiger partial charge < -0.3 is 14.3 Å². The molecule has 0 radical (unpaired) electrons. The van der Waals surface area contributed by atoms with Crippen LogP contribution < -0.4 is 9.47 Å². The Morgan fingerprint density at radius 2 is 1.85 bits per heavy atom. The van der Waals surface area contributed by atoms with E-state index in [-0.39, 0.29) is 12.7 Å². The summed E-state index contributed by atoms with van der Waals surface area (Å²) in [6, 6.07) is 14.0. The molecule has 0 fully saturated rings. The molecule has 1 heterocycles. The third kappa shape index (κ3) is 2.52. The third-order valence-electron chi connectivity index (χ3n) is 3.57. The molecule has 0 saturated carbocycles. The molecule has 102 valence electrons. The smallest absolute Gasteiger partial charge is 0.231 e. The summed E-state index contributed by atoms with van der Waals surface area (Å²) in [7, 11) is 0. The molecule has 0 amide bonds. The van der Waals surface area contributed by atoms with Crippen LogP contribution in [0, 0.1) is 6.92 Å². The zero-order valence-electron chi connectivity index (χ0n) is 11.3. The van der Waals surface area contributed by atoms with Gasteiger partial charge in [0, 0.05) is 5.92 Å². The minimum absolute atomic E-state index is 0.160. The lowest BCUT2D eigenvalue weighted by molar-refractivity contribution is -0.109. The molecule has 3 heteroatoms. The molecule has 3 rings (SSSR count). The molecule has 1 aliphatic rings. The maximum absolute atomic E-state index is 11.4. The summed E-state index contributed by atoms with van der Waals surface area (Å²) < 4.78 is 10.6. The van der Waals surface area contributed by atoms with E-state index >= 15 is 0 Å². The van der Waals surface area contributed by atoms with Crippen molar-refractivity contribution in [3.05, 3.63) is 59.2 Å². The minimum atomic E-state index is -0.160. The zero-order chi connectivity index (χ0) is 13.9. The average Bonchev–Trinajstić information content (AvgIpc) is 2.94. The normalized spacial score (nSPS) is 14.1. The number of aldehydes is 1. The van der Waals surface area contributed by atoms with Crippen LogP contribution in [-0.4, -0.2) is 13.1 Å². The van der Waals surface area contributed by atoms with Crippen LogP contribution in [0.4, 0.5) is 0 Å². The SMILES string of the molecule is Cc1ccc(CC(C=O)c2ccc3c(c2)OCO3)cc1. The van der Waals surface area contributed by atoms with Gasteiger partial charge in [0.15, 0.2) is 11.5 Å². The number of ether oxygens (including phenoxy) is 2. The van der Waals surface area contributed by atoms with Crippen molar-refractivity contribution in [1.29, 1.82) is 0 Å². The van der Waals surface area contributed by atoms with Crippen molar-refractivity contribution in [2.24, 2.45) is 0 Å². The molecule has 1 unspecified atom stereocenters. The van der Waals surface area contributed by atoms with Crippen molar-refractivity contribution < 1.29 is 14.3 Å². The van der Waals surface area contributed by atoms with Crippen molar-refractivity contribution in [3.63, 3.8) is 0 Å². The molecule has 0 bridgehead atoms. The molecule has 1 aliphatic heterocycles. The predicted octanol–water partition coefficient (Wildman–Crippen LogP) is 3.25. The van der Waals surface area contributed by atoms with Crippen LogP contribution in [0.5, 0.6) is 11.5 Å². The van der Waals surface area contributed by atoms with Crippen molar-refractivity contribution in [2.45, 2.75) is 19.3 Å². The summed E-state index contributed by atoms with van der Waals surface area (Å²) in [4.78, 5) is 11.4. The van der Waals surface area contributed by atoms with Gasteiger partial charge in [0.25, 0.3) is 0 Å². The van der Waals surface area contributed by atoms with Crippen molar-refractivity contribution in [3.8, 4) is 11.5 Å². The maximum Gasteiger partial charge on any atom is 0.231 e. The van der Waals surface area contributed by atoms with Crippen LogP contribution in [0.15, 0.2) is 42.5 Å². The fourth-order valence-corrected chi connectivity index (χ4v) is 2.37. The highest BCUT2D eigenvalue weighted by atomic mass is 16.7. The van der Waals surface area contributed by atoms with E-state index in [9.17, 15) is 4.79 Å². The summed E-state index contributed by atoms with van der Waals surface area (Å²) in [5, 5.41) is 0. The molecular formula is C17H16O3. The Morgan fingerprint density at radius 1 is 1.10 bits per heavy atom.